The van der Waals surface area contributed by atoms with Gasteiger partial charge in [0.25, 0.3) is 5.89 Å². The second-order valence-corrected chi connectivity index (χ2v) is 7.59. The summed E-state index contributed by atoms with van der Waals surface area (Å²) in [5.74, 6) is 2.24. The third kappa shape index (κ3) is 4.55. The lowest BCUT2D eigenvalue weighted by Gasteiger charge is -2.36. The number of rotatable bonds is 7. The lowest BCUT2D eigenvalue weighted by atomic mass is 10.2. The van der Waals surface area contributed by atoms with Gasteiger partial charge in [0.2, 0.25) is 5.89 Å². The first-order valence-electron chi connectivity index (χ1n) is 9.31. The Labute approximate surface area is 163 Å². The molecule has 0 saturated carbocycles. The Morgan fingerprint density at radius 2 is 1.89 bits per heavy atom. The molecule has 1 unspecified atom stereocenters. The highest BCUT2D eigenvalue weighted by Crippen LogP contribution is 2.27. The van der Waals surface area contributed by atoms with E-state index in [2.05, 4.69) is 26.9 Å². The van der Waals surface area contributed by atoms with Crippen molar-refractivity contribution in [2.24, 2.45) is 0 Å². The van der Waals surface area contributed by atoms with Gasteiger partial charge in [0.15, 0.2) is 0 Å². The van der Waals surface area contributed by atoms with E-state index in [0.29, 0.717) is 18.4 Å². The summed E-state index contributed by atoms with van der Waals surface area (Å²) < 4.78 is 11.7. The molecule has 1 aromatic carbocycles. The van der Waals surface area contributed by atoms with E-state index < -0.39 is 0 Å². The largest absolute Gasteiger partial charge is 0.492 e. The summed E-state index contributed by atoms with van der Waals surface area (Å²) in [5, 5.41) is 10.5. The van der Waals surface area contributed by atoms with Crippen LogP contribution in [-0.4, -0.2) is 59.3 Å². The van der Waals surface area contributed by atoms with E-state index >= 15 is 0 Å². The molecule has 0 amide bonds. The Hall–Kier alpha value is -2.22. The lowest BCUT2D eigenvalue weighted by Crippen LogP contribution is -2.48. The molecule has 1 fully saturated rings. The van der Waals surface area contributed by atoms with Gasteiger partial charge < -0.3 is 9.15 Å². The summed E-state index contributed by atoms with van der Waals surface area (Å²) in [7, 11) is 0. The van der Waals surface area contributed by atoms with Gasteiger partial charge in [-0.05, 0) is 30.5 Å². The smallest absolute Gasteiger partial charge is 0.257 e. The van der Waals surface area contributed by atoms with E-state index in [4.69, 9.17) is 9.15 Å². The summed E-state index contributed by atoms with van der Waals surface area (Å²) in [5.41, 5.74) is 0. The first kappa shape index (κ1) is 18.2. The number of benzene rings is 1. The van der Waals surface area contributed by atoms with Crippen LogP contribution >= 0.6 is 11.3 Å². The maximum absolute atomic E-state index is 5.90. The lowest BCUT2D eigenvalue weighted by molar-refractivity contribution is 0.0827. The molecule has 7 heteroatoms. The molecule has 0 aliphatic carbocycles. The Balaban J connectivity index is 1.24. The third-order valence-electron chi connectivity index (χ3n) is 4.90. The molecule has 1 atom stereocenters. The van der Waals surface area contributed by atoms with E-state index in [1.165, 1.54) is 0 Å². The van der Waals surface area contributed by atoms with Crippen LogP contribution in [-0.2, 0) is 0 Å². The van der Waals surface area contributed by atoms with Gasteiger partial charge in [-0.2, -0.15) is 0 Å². The van der Waals surface area contributed by atoms with Crippen LogP contribution in [0.2, 0.25) is 0 Å². The molecule has 4 rings (SSSR count). The van der Waals surface area contributed by atoms with Crippen LogP contribution in [0.4, 0.5) is 0 Å². The fraction of sp³-hybridized carbons (Fsp3) is 0.400. The minimum absolute atomic E-state index is 0.133. The second kappa shape index (κ2) is 8.65. The first-order chi connectivity index (χ1) is 13.3. The van der Waals surface area contributed by atoms with Crippen LogP contribution in [0.25, 0.3) is 10.8 Å². The zero-order valence-electron chi connectivity index (χ0n) is 15.5. The number of nitrogens with zero attached hydrogens (tertiary/aromatic N) is 4. The minimum atomic E-state index is 0.133. The minimum Gasteiger partial charge on any atom is -0.492 e. The van der Waals surface area contributed by atoms with Crippen molar-refractivity contribution in [3.63, 3.8) is 0 Å². The third-order valence-corrected chi connectivity index (χ3v) is 5.76. The van der Waals surface area contributed by atoms with Gasteiger partial charge >= 0.3 is 0 Å². The van der Waals surface area contributed by atoms with E-state index in [0.717, 1.165) is 43.4 Å². The van der Waals surface area contributed by atoms with E-state index in [1.807, 2.05) is 47.8 Å². The summed E-state index contributed by atoms with van der Waals surface area (Å²) in [6, 6.07) is 14.1. The van der Waals surface area contributed by atoms with Gasteiger partial charge in [-0.3, -0.25) is 9.80 Å². The molecule has 1 aliphatic rings. The highest BCUT2D eigenvalue weighted by molar-refractivity contribution is 7.13. The summed E-state index contributed by atoms with van der Waals surface area (Å²) >= 11 is 1.61. The van der Waals surface area contributed by atoms with Gasteiger partial charge in [-0.1, -0.05) is 24.3 Å². The average molecular weight is 385 g/mol. The Morgan fingerprint density at radius 1 is 1.07 bits per heavy atom. The number of piperazine rings is 1. The van der Waals surface area contributed by atoms with Crippen molar-refractivity contribution in [1.82, 2.24) is 20.0 Å². The highest BCUT2D eigenvalue weighted by Gasteiger charge is 2.25. The second-order valence-electron chi connectivity index (χ2n) is 6.64. The molecule has 3 heterocycles. The Bertz CT molecular complexity index is 814. The molecule has 0 N–H and O–H groups in total. The van der Waals surface area contributed by atoms with Crippen molar-refractivity contribution >= 4 is 11.3 Å². The Kier molecular flexibility index (Phi) is 5.81. The van der Waals surface area contributed by atoms with Crippen LogP contribution in [0.5, 0.6) is 5.75 Å². The van der Waals surface area contributed by atoms with Crippen molar-refractivity contribution in [2.75, 3.05) is 39.3 Å². The molecule has 0 spiro atoms. The van der Waals surface area contributed by atoms with Gasteiger partial charge in [0.1, 0.15) is 12.4 Å². The number of ether oxygens (including phenoxy) is 1. The van der Waals surface area contributed by atoms with Gasteiger partial charge in [0, 0.05) is 32.7 Å². The van der Waals surface area contributed by atoms with Crippen molar-refractivity contribution < 1.29 is 9.15 Å². The molecule has 0 radical (unpaired) electrons. The molecule has 1 aliphatic heterocycles. The maximum Gasteiger partial charge on any atom is 0.257 e. The SMILES string of the molecule is CC(c1nnc(-c2cccs2)o1)N1CCN(CCOc2ccccc2)CC1. The normalized spacial score (nSPS) is 17.1. The molecule has 6 nitrogen and oxygen atoms in total. The van der Waals surface area contributed by atoms with Gasteiger partial charge in [0.05, 0.1) is 10.9 Å². The van der Waals surface area contributed by atoms with E-state index in [9.17, 15) is 0 Å². The molecule has 1 saturated heterocycles. The number of thiophene rings is 1. The molecule has 0 bridgehead atoms. The van der Waals surface area contributed by atoms with Crippen LogP contribution < -0.4 is 4.74 Å². The zero-order chi connectivity index (χ0) is 18.5. The van der Waals surface area contributed by atoms with Crippen LogP contribution in [0.15, 0.2) is 52.3 Å². The van der Waals surface area contributed by atoms with Crippen LogP contribution in [0, 0.1) is 0 Å². The number of para-hydroxylation sites is 1. The summed E-state index contributed by atoms with van der Waals surface area (Å²) in [6.45, 7) is 7.82. The van der Waals surface area contributed by atoms with Crippen LogP contribution in [0.3, 0.4) is 0 Å². The van der Waals surface area contributed by atoms with Crippen molar-refractivity contribution in [1.29, 1.82) is 0 Å². The fourth-order valence-electron chi connectivity index (χ4n) is 3.24. The first-order valence-corrected chi connectivity index (χ1v) is 10.2. The number of hydrogen-bond donors (Lipinski definition) is 0. The van der Waals surface area contributed by atoms with Gasteiger partial charge in [-0.25, -0.2) is 0 Å². The highest BCUT2D eigenvalue weighted by atomic mass is 32.1. The molecule has 27 heavy (non-hydrogen) atoms. The Morgan fingerprint density at radius 3 is 2.63 bits per heavy atom. The van der Waals surface area contributed by atoms with Crippen molar-refractivity contribution in [3.05, 3.63) is 53.7 Å². The zero-order valence-corrected chi connectivity index (χ0v) is 16.3. The quantitative estimate of drug-likeness (QED) is 0.621. The predicted octanol–water partition coefficient (Wildman–Crippen LogP) is 3.56. The average Bonchev–Trinajstić information content (AvgIpc) is 3.41. The predicted molar refractivity (Wildman–Crippen MR) is 106 cm³/mol. The van der Waals surface area contributed by atoms with Gasteiger partial charge in [-0.15, -0.1) is 21.5 Å². The van der Waals surface area contributed by atoms with Crippen LogP contribution in [0.1, 0.15) is 18.9 Å². The molecule has 2 aromatic heterocycles. The summed E-state index contributed by atoms with van der Waals surface area (Å²) in [4.78, 5) is 5.86. The topological polar surface area (TPSA) is 54.6 Å². The monoisotopic (exact) mass is 384 g/mol. The fourth-order valence-corrected chi connectivity index (χ4v) is 3.89. The molecule has 142 valence electrons. The number of hydrogen-bond acceptors (Lipinski definition) is 7. The van der Waals surface area contributed by atoms with Crippen molar-refractivity contribution in [3.8, 4) is 16.5 Å². The molecular weight excluding hydrogens is 360 g/mol. The molecular formula is C20H24N4O2S. The number of aromatic nitrogens is 2. The van der Waals surface area contributed by atoms with Crippen molar-refractivity contribution in [2.45, 2.75) is 13.0 Å². The standard InChI is InChI=1S/C20H24N4O2S/c1-16(19-21-22-20(26-19)18-8-5-15-27-18)24-11-9-23(10-12-24)13-14-25-17-6-3-2-4-7-17/h2-8,15-16H,9-14H2,1H3. The molecule has 3 aromatic rings. The maximum atomic E-state index is 5.90. The summed E-state index contributed by atoms with van der Waals surface area (Å²) in [6.07, 6.45) is 0. The van der Waals surface area contributed by atoms with E-state index in [-0.39, 0.29) is 6.04 Å². The van der Waals surface area contributed by atoms with E-state index in [1.54, 1.807) is 11.3 Å².